The summed E-state index contributed by atoms with van der Waals surface area (Å²) in [7, 11) is 1.65. The Morgan fingerprint density at radius 3 is 2.52 bits per heavy atom. The Morgan fingerprint density at radius 2 is 2.00 bits per heavy atom. The summed E-state index contributed by atoms with van der Waals surface area (Å²) >= 11 is 0. The molecule has 0 bridgehead atoms. The fourth-order valence-corrected chi connectivity index (χ4v) is 3.14. The molecule has 1 aromatic rings. The van der Waals surface area contributed by atoms with Gasteiger partial charge in [-0.25, -0.2) is 0 Å². The standard InChI is InChI=1S/C17H25NO3/c1-12(19)16-9-14(20)10-17(2,3)18(16)11-13-5-7-15(21-4)8-6-13/h5-8,12,16,19H,9-11H2,1-4H3/t12-,16-/m0/s1. The molecule has 4 nitrogen and oxygen atoms in total. The fraction of sp³-hybridized carbons (Fsp3) is 0.588. The number of Topliss-reactive ketones (excluding diaryl/α,β-unsaturated/α-hetero) is 1. The van der Waals surface area contributed by atoms with Crippen LogP contribution >= 0.6 is 0 Å². The molecule has 0 spiro atoms. The highest BCUT2D eigenvalue weighted by Crippen LogP contribution is 2.33. The highest BCUT2D eigenvalue weighted by molar-refractivity contribution is 5.81. The minimum atomic E-state index is -0.522. The second-order valence-corrected chi connectivity index (χ2v) is 6.52. The van der Waals surface area contributed by atoms with Crippen LogP contribution in [0.3, 0.4) is 0 Å². The highest BCUT2D eigenvalue weighted by Gasteiger charge is 2.41. The molecule has 2 rings (SSSR count). The summed E-state index contributed by atoms with van der Waals surface area (Å²) in [4.78, 5) is 14.2. The predicted molar refractivity (Wildman–Crippen MR) is 82.3 cm³/mol. The number of likely N-dealkylation sites (tertiary alicyclic amines) is 1. The van der Waals surface area contributed by atoms with E-state index in [0.717, 1.165) is 17.9 Å². The van der Waals surface area contributed by atoms with E-state index in [9.17, 15) is 9.90 Å². The highest BCUT2D eigenvalue weighted by atomic mass is 16.5. The van der Waals surface area contributed by atoms with Crippen molar-refractivity contribution < 1.29 is 14.6 Å². The van der Waals surface area contributed by atoms with Crippen molar-refractivity contribution in [3.05, 3.63) is 29.8 Å². The van der Waals surface area contributed by atoms with E-state index in [-0.39, 0.29) is 17.4 Å². The maximum atomic E-state index is 11.9. The van der Waals surface area contributed by atoms with Crippen molar-refractivity contribution in [1.29, 1.82) is 0 Å². The van der Waals surface area contributed by atoms with Crippen molar-refractivity contribution in [2.45, 2.75) is 57.8 Å². The number of nitrogens with zero attached hydrogens (tertiary/aromatic N) is 1. The second kappa shape index (κ2) is 6.16. The minimum Gasteiger partial charge on any atom is -0.497 e. The van der Waals surface area contributed by atoms with Gasteiger partial charge >= 0.3 is 0 Å². The summed E-state index contributed by atoms with van der Waals surface area (Å²) in [6.45, 7) is 6.63. The summed E-state index contributed by atoms with van der Waals surface area (Å²) in [5, 5.41) is 10.0. The lowest BCUT2D eigenvalue weighted by atomic mass is 9.83. The number of piperidine rings is 1. The summed E-state index contributed by atoms with van der Waals surface area (Å²) in [5.74, 6) is 1.07. The summed E-state index contributed by atoms with van der Waals surface area (Å²) in [6.07, 6.45) is 0.440. The number of aliphatic hydroxyl groups excluding tert-OH is 1. The van der Waals surface area contributed by atoms with E-state index in [1.807, 2.05) is 24.3 Å². The minimum absolute atomic E-state index is 0.122. The fourth-order valence-electron chi connectivity index (χ4n) is 3.14. The summed E-state index contributed by atoms with van der Waals surface area (Å²) < 4.78 is 5.18. The third kappa shape index (κ3) is 3.63. The van der Waals surface area contributed by atoms with Gasteiger partial charge in [0.05, 0.1) is 13.2 Å². The third-order valence-corrected chi connectivity index (χ3v) is 4.31. The monoisotopic (exact) mass is 291 g/mol. The van der Waals surface area contributed by atoms with Crippen LogP contribution in [0, 0.1) is 0 Å². The molecule has 0 amide bonds. The van der Waals surface area contributed by atoms with Gasteiger partial charge in [0.1, 0.15) is 11.5 Å². The van der Waals surface area contributed by atoms with Crippen molar-refractivity contribution >= 4 is 5.78 Å². The molecule has 1 N–H and O–H groups in total. The molecule has 1 aliphatic rings. The Kier molecular flexibility index (Phi) is 4.69. The van der Waals surface area contributed by atoms with Crippen molar-refractivity contribution in [2.75, 3.05) is 7.11 Å². The summed E-state index contributed by atoms with van der Waals surface area (Å²) in [6, 6.07) is 7.82. The van der Waals surface area contributed by atoms with E-state index in [2.05, 4.69) is 18.7 Å². The molecule has 0 radical (unpaired) electrons. The average molecular weight is 291 g/mol. The molecule has 0 saturated carbocycles. The smallest absolute Gasteiger partial charge is 0.136 e. The number of ketones is 1. The molecular weight excluding hydrogens is 266 g/mol. The molecule has 4 heteroatoms. The van der Waals surface area contributed by atoms with Gasteiger partial charge in [0.2, 0.25) is 0 Å². The van der Waals surface area contributed by atoms with Crippen LogP contribution in [0.25, 0.3) is 0 Å². The largest absolute Gasteiger partial charge is 0.497 e. The molecule has 0 aliphatic carbocycles. The number of carbonyl (C=O) groups is 1. The van der Waals surface area contributed by atoms with Crippen LogP contribution in [0.4, 0.5) is 0 Å². The van der Waals surface area contributed by atoms with E-state index in [1.54, 1.807) is 14.0 Å². The van der Waals surface area contributed by atoms with Crippen molar-refractivity contribution in [2.24, 2.45) is 0 Å². The number of carbonyl (C=O) groups excluding carboxylic acids is 1. The van der Waals surface area contributed by atoms with E-state index < -0.39 is 6.10 Å². The van der Waals surface area contributed by atoms with Gasteiger partial charge in [-0.05, 0) is 38.5 Å². The Balaban J connectivity index is 2.22. The van der Waals surface area contributed by atoms with E-state index in [1.165, 1.54) is 0 Å². The Bertz CT molecular complexity index is 493. The Hall–Kier alpha value is -1.39. The lowest BCUT2D eigenvalue weighted by Crippen LogP contribution is -2.58. The van der Waals surface area contributed by atoms with Gasteiger partial charge < -0.3 is 9.84 Å². The van der Waals surface area contributed by atoms with Gasteiger partial charge in [0.15, 0.2) is 0 Å². The van der Waals surface area contributed by atoms with Crippen LogP contribution in [-0.4, -0.2) is 40.6 Å². The predicted octanol–water partition coefficient (Wildman–Crippen LogP) is 2.39. The molecule has 0 unspecified atom stereocenters. The zero-order valence-corrected chi connectivity index (χ0v) is 13.3. The number of rotatable bonds is 4. The number of hydrogen-bond acceptors (Lipinski definition) is 4. The maximum absolute atomic E-state index is 11.9. The molecule has 1 aromatic carbocycles. The van der Waals surface area contributed by atoms with Crippen molar-refractivity contribution in [1.82, 2.24) is 4.90 Å². The van der Waals surface area contributed by atoms with Gasteiger partial charge in [-0.15, -0.1) is 0 Å². The lowest BCUT2D eigenvalue weighted by molar-refractivity contribution is -0.133. The second-order valence-electron chi connectivity index (χ2n) is 6.52. The van der Waals surface area contributed by atoms with E-state index in [4.69, 9.17) is 4.74 Å². The van der Waals surface area contributed by atoms with E-state index >= 15 is 0 Å². The van der Waals surface area contributed by atoms with Gasteiger partial charge in [0.25, 0.3) is 0 Å². The van der Waals surface area contributed by atoms with Gasteiger partial charge in [-0.1, -0.05) is 12.1 Å². The zero-order chi connectivity index (χ0) is 15.6. The van der Waals surface area contributed by atoms with Gasteiger partial charge in [0, 0.05) is 31.0 Å². The normalized spacial score (nSPS) is 23.9. The van der Waals surface area contributed by atoms with Crippen LogP contribution < -0.4 is 4.74 Å². The summed E-state index contributed by atoms with van der Waals surface area (Å²) in [5.41, 5.74) is 0.917. The maximum Gasteiger partial charge on any atom is 0.136 e. The van der Waals surface area contributed by atoms with Crippen LogP contribution in [0.15, 0.2) is 24.3 Å². The third-order valence-electron chi connectivity index (χ3n) is 4.31. The lowest BCUT2D eigenvalue weighted by Gasteiger charge is -2.48. The zero-order valence-electron chi connectivity index (χ0n) is 13.3. The molecule has 1 saturated heterocycles. The number of ether oxygens (including phenoxy) is 1. The number of methoxy groups -OCH3 is 1. The van der Waals surface area contributed by atoms with Crippen LogP contribution in [0.5, 0.6) is 5.75 Å². The molecule has 1 heterocycles. The van der Waals surface area contributed by atoms with Crippen LogP contribution in [0.2, 0.25) is 0 Å². The molecule has 116 valence electrons. The van der Waals surface area contributed by atoms with Crippen LogP contribution in [0.1, 0.15) is 39.2 Å². The molecule has 2 atom stereocenters. The first kappa shape index (κ1) is 16.0. The average Bonchev–Trinajstić information content (AvgIpc) is 2.41. The van der Waals surface area contributed by atoms with E-state index in [0.29, 0.717) is 12.8 Å². The first-order chi connectivity index (χ1) is 9.83. The SMILES string of the molecule is COc1ccc(CN2[C@H]([C@H](C)O)CC(=O)CC2(C)C)cc1. The quantitative estimate of drug-likeness (QED) is 0.925. The van der Waals surface area contributed by atoms with Crippen molar-refractivity contribution in [3.8, 4) is 5.75 Å². The molecule has 1 aliphatic heterocycles. The number of benzene rings is 1. The van der Waals surface area contributed by atoms with Gasteiger partial charge in [-0.3, -0.25) is 9.69 Å². The first-order valence-corrected chi connectivity index (χ1v) is 7.43. The first-order valence-electron chi connectivity index (χ1n) is 7.43. The molecular formula is C17H25NO3. The molecule has 1 fully saturated rings. The van der Waals surface area contributed by atoms with Gasteiger partial charge in [-0.2, -0.15) is 0 Å². The molecule has 21 heavy (non-hydrogen) atoms. The Labute approximate surface area is 126 Å². The molecule has 0 aromatic heterocycles. The van der Waals surface area contributed by atoms with Crippen molar-refractivity contribution in [3.63, 3.8) is 0 Å². The number of hydrogen-bond donors (Lipinski definition) is 1. The van der Waals surface area contributed by atoms with Crippen LogP contribution in [-0.2, 0) is 11.3 Å². The Morgan fingerprint density at radius 1 is 1.38 bits per heavy atom. The topological polar surface area (TPSA) is 49.8 Å². The number of aliphatic hydroxyl groups is 1.